The molecule has 0 unspecified atom stereocenters. The van der Waals surface area contributed by atoms with Gasteiger partial charge in [-0.15, -0.1) is 11.3 Å². The van der Waals surface area contributed by atoms with Crippen LogP contribution >= 0.6 is 22.9 Å². The van der Waals surface area contributed by atoms with Crippen LogP contribution in [0.3, 0.4) is 0 Å². The quantitative estimate of drug-likeness (QED) is 0.481. The molecule has 0 saturated heterocycles. The summed E-state index contributed by atoms with van der Waals surface area (Å²) in [6.07, 6.45) is 0. The van der Waals surface area contributed by atoms with E-state index >= 15 is 0 Å². The summed E-state index contributed by atoms with van der Waals surface area (Å²) in [4.78, 5) is 21.8. The number of nitrogens with zero attached hydrogens (tertiary/aromatic N) is 1. The van der Waals surface area contributed by atoms with Gasteiger partial charge >= 0.3 is 5.88 Å². The zero-order valence-corrected chi connectivity index (χ0v) is 9.25. The maximum Gasteiger partial charge on any atom is 0.433 e. The number of thiophene rings is 1. The molecule has 0 amide bonds. The first-order valence-corrected chi connectivity index (χ1v) is 5.31. The van der Waals surface area contributed by atoms with Crippen molar-refractivity contribution in [2.45, 2.75) is 0 Å². The van der Waals surface area contributed by atoms with Gasteiger partial charge in [0.2, 0.25) is 5.78 Å². The molecule has 0 fully saturated rings. The third kappa shape index (κ3) is 1.98. The van der Waals surface area contributed by atoms with Gasteiger partial charge in [-0.2, -0.15) is 0 Å². The van der Waals surface area contributed by atoms with E-state index < -0.39 is 16.6 Å². The van der Waals surface area contributed by atoms with Crippen LogP contribution in [0.2, 0.25) is 4.34 Å². The van der Waals surface area contributed by atoms with Gasteiger partial charge in [0.25, 0.3) is 0 Å². The molecule has 0 aliphatic heterocycles. The van der Waals surface area contributed by atoms with Gasteiger partial charge < -0.3 is 4.42 Å². The fourth-order valence-electron chi connectivity index (χ4n) is 1.11. The zero-order chi connectivity index (χ0) is 11.7. The number of carbonyl (C=O) groups is 1. The van der Waals surface area contributed by atoms with E-state index in [-0.39, 0.29) is 5.76 Å². The number of furan rings is 1. The molecule has 82 valence electrons. The SMILES string of the molecule is O=C(c1ccc([N+](=O)[O-])o1)c1ccc(Cl)s1. The monoisotopic (exact) mass is 257 g/mol. The Morgan fingerprint density at radius 3 is 2.62 bits per heavy atom. The van der Waals surface area contributed by atoms with Gasteiger partial charge in [0.1, 0.15) is 4.92 Å². The number of hydrogen-bond donors (Lipinski definition) is 0. The minimum atomic E-state index is -0.696. The zero-order valence-electron chi connectivity index (χ0n) is 7.68. The molecular formula is C9H4ClNO4S. The number of ketones is 1. The van der Waals surface area contributed by atoms with E-state index in [0.717, 1.165) is 17.4 Å². The predicted molar refractivity (Wildman–Crippen MR) is 58.1 cm³/mol. The molecule has 0 radical (unpaired) electrons. The van der Waals surface area contributed by atoms with Crippen molar-refractivity contribution in [2.75, 3.05) is 0 Å². The maximum atomic E-state index is 11.7. The smallest absolute Gasteiger partial charge is 0.397 e. The minimum Gasteiger partial charge on any atom is -0.397 e. The molecule has 0 aliphatic rings. The van der Waals surface area contributed by atoms with E-state index in [0.29, 0.717) is 9.21 Å². The predicted octanol–water partition coefficient (Wildman–Crippen LogP) is 3.13. The number of carbonyl (C=O) groups excluding carboxylic acids is 1. The lowest BCUT2D eigenvalue weighted by Gasteiger charge is -1.90. The first kappa shape index (κ1) is 10.8. The van der Waals surface area contributed by atoms with Crippen LogP contribution < -0.4 is 0 Å². The van der Waals surface area contributed by atoms with Crippen molar-refractivity contribution in [2.24, 2.45) is 0 Å². The van der Waals surface area contributed by atoms with Gasteiger partial charge in [-0.05, 0) is 18.2 Å². The third-order valence-electron chi connectivity index (χ3n) is 1.79. The van der Waals surface area contributed by atoms with E-state index in [4.69, 9.17) is 16.0 Å². The van der Waals surface area contributed by atoms with E-state index in [1.165, 1.54) is 6.07 Å². The van der Waals surface area contributed by atoms with E-state index in [1.807, 2.05) is 0 Å². The Hall–Kier alpha value is -1.66. The lowest BCUT2D eigenvalue weighted by atomic mass is 10.2. The number of nitro groups is 1. The molecule has 0 aromatic carbocycles. The van der Waals surface area contributed by atoms with Gasteiger partial charge in [0, 0.05) is 0 Å². The third-order valence-corrected chi connectivity index (χ3v) is 3.02. The summed E-state index contributed by atoms with van der Waals surface area (Å²) in [6, 6.07) is 5.54. The van der Waals surface area contributed by atoms with Crippen molar-refractivity contribution in [1.29, 1.82) is 0 Å². The van der Waals surface area contributed by atoms with Crippen LogP contribution in [-0.4, -0.2) is 10.7 Å². The molecule has 2 aromatic heterocycles. The Morgan fingerprint density at radius 2 is 2.12 bits per heavy atom. The standard InChI is InChI=1S/C9H4ClNO4S/c10-7-3-2-6(16-7)9(12)5-1-4-8(15-5)11(13)14/h1-4H. The summed E-state index contributed by atoms with van der Waals surface area (Å²) in [5.74, 6) is -0.929. The number of rotatable bonds is 3. The molecule has 0 N–H and O–H groups in total. The van der Waals surface area contributed by atoms with Gasteiger partial charge in [0.05, 0.1) is 15.3 Å². The van der Waals surface area contributed by atoms with Crippen molar-refractivity contribution in [1.82, 2.24) is 0 Å². The Labute approximate surface area is 98.4 Å². The lowest BCUT2D eigenvalue weighted by molar-refractivity contribution is -0.402. The van der Waals surface area contributed by atoms with Crippen LogP contribution in [0.25, 0.3) is 0 Å². The van der Waals surface area contributed by atoms with E-state index in [2.05, 4.69) is 0 Å². The molecule has 0 spiro atoms. The van der Waals surface area contributed by atoms with Gasteiger partial charge in [-0.25, -0.2) is 0 Å². The average molecular weight is 258 g/mol. The highest BCUT2D eigenvalue weighted by Gasteiger charge is 2.19. The van der Waals surface area contributed by atoms with Crippen molar-refractivity contribution in [3.63, 3.8) is 0 Å². The summed E-state index contributed by atoms with van der Waals surface area (Å²) in [5, 5.41) is 10.4. The molecule has 0 atom stereocenters. The molecule has 2 rings (SSSR count). The fraction of sp³-hybridized carbons (Fsp3) is 0. The van der Waals surface area contributed by atoms with Crippen molar-refractivity contribution >= 4 is 34.6 Å². The Balaban J connectivity index is 2.30. The normalized spacial score (nSPS) is 10.3. The van der Waals surface area contributed by atoms with Crippen LogP contribution in [0.15, 0.2) is 28.7 Å². The largest absolute Gasteiger partial charge is 0.433 e. The topological polar surface area (TPSA) is 73.3 Å². The number of hydrogen-bond acceptors (Lipinski definition) is 5. The summed E-state index contributed by atoms with van der Waals surface area (Å²) in [6.45, 7) is 0. The minimum absolute atomic E-state index is 0.0646. The molecule has 16 heavy (non-hydrogen) atoms. The highest BCUT2D eigenvalue weighted by atomic mass is 35.5. The molecule has 2 aromatic rings. The number of halogens is 1. The first-order chi connectivity index (χ1) is 7.58. The molecule has 5 nitrogen and oxygen atoms in total. The first-order valence-electron chi connectivity index (χ1n) is 4.12. The van der Waals surface area contributed by atoms with Crippen LogP contribution in [0.5, 0.6) is 0 Å². The summed E-state index contributed by atoms with van der Waals surface area (Å²) < 4.78 is 5.26. The van der Waals surface area contributed by atoms with Crippen LogP contribution in [-0.2, 0) is 0 Å². The molecule has 0 saturated carbocycles. The Morgan fingerprint density at radius 1 is 1.38 bits per heavy atom. The lowest BCUT2D eigenvalue weighted by Crippen LogP contribution is -1.95. The second-order valence-corrected chi connectivity index (χ2v) is 4.54. The van der Waals surface area contributed by atoms with Crippen LogP contribution in [0.1, 0.15) is 15.4 Å². The van der Waals surface area contributed by atoms with Crippen LogP contribution in [0.4, 0.5) is 5.88 Å². The highest BCUT2D eigenvalue weighted by molar-refractivity contribution is 7.18. The van der Waals surface area contributed by atoms with Gasteiger partial charge in [0.15, 0.2) is 5.76 Å². The second kappa shape index (κ2) is 4.07. The average Bonchev–Trinajstić information content (AvgIpc) is 2.84. The highest BCUT2D eigenvalue weighted by Crippen LogP contribution is 2.25. The molecule has 7 heteroatoms. The van der Waals surface area contributed by atoms with Crippen molar-refractivity contribution in [3.05, 3.63) is 49.4 Å². The summed E-state index contributed by atoms with van der Waals surface area (Å²) >= 11 is 6.77. The van der Waals surface area contributed by atoms with Crippen molar-refractivity contribution in [3.8, 4) is 0 Å². The second-order valence-electron chi connectivity index (χ2n) is 2.83. The maximum absolute atomic E-state index is 11.7. The van der Waals surface area contributed by atoms with Crippen LogP contribution in [0, 0.1) is 10.1 Å². The Kier molecular flexibility index (Phi) is 2.76. The van der Waals surface area contributed by atoms with Crippen molar-refractivity contribution < 1.29 is 14.1 Å². The molecule has 0 aliphatic carbocycles. The Bertz CT molecular complexity index is 559. The van der Waals surface area contributed by atoms with Gasteiger partial charge in [-0.3, -0.25) is 14.9 Å². The molecule has 2 heterocycles. The summed E-state index contributed by atoms with van der Waals surface area (Å²) in [7, 11) is 0. The molecule has 0 bridgehead atoms. The van der Waals surface area contributed by atoms with E-state index in [9.17, 15) is 14.9 Å². The summed E-state index contributed by atoms with van der Waals surface area (Å²) in [5.41, 5.74) is 0. The van der Waals surface area contributed by atoms with Gasteiger partial charge in [-0.1, -0.05) is 11.6 Å². The fourth-order valence-corrected chi connectivity index (χ4v) is 2.09. The van der Waals surface area contributed by atoms with E-state index in [1.54, 1.807) is 12.1 Å². The molecular weight excluding hydrogens is 254 g/mol.